The average Bonchev–Trinajstić information content (AvgIpc) is 2.47. The van der Waals surface area contributed by atoms with Crippen LogP contribution in [0.5, 0.6) is 0 Å². The first-order valence-corrected chi connectivity index (χ1v) is 7.21. The maximum absolute atomic E-state index is 12.4. The number of pyridine rings is 1. The monoisotopic (exact) mass is 308 g/mol. The molecule has 0 aliphatic heterocycles. The molecule has 0 saturated heterocycles. The molecular formula is C12H12N4O4S. The van der Waals surface area contributed by atoms with Gasteiger partial charge in [0.25, 0.3) is 15.7 Å². The number of rotatable bonds is 4. The number of nitro benzene ring substituents is 1. The summed E-state index contributed by atoms with van der Waals surface area (Å²) in [6.07, 6.45) is 1.16. The van der Waals surface area contributed by atoms with Gasteiger partial charge in [0.15, 0.2) is 0 Å². The summed E-state index contributed by atoms with van der Waals surface area (Å²) in [6.45, 7) is 0. The quantitative estimate of drug-likeness (QED) is 0.673. The molecule has 0 fully saturated rings. The third-order valence-electron chi connectivity index (χ3n) is 2.84. The topological polar surface area (TPSA) is 119 Å². The first-order valence-electron chi connectivity index (χ1n) is 5.77. The summed E-state index contributed by atoms with van der Waals surface area (Å²) in [5, 5.41) is 10.6. The first kappa shape index (κ1) is 14.7. The van der Waals surface area contributed by atoms with E-state index in [9.17, 15) is 18.5 Å². The van der Waals surface area contributed by atoms with Gasteiger partial charge in [-0.25, -0.2) is 13.4 Å². The van der Waals surface area contributed by atoms with E-state index in [1.54, 1.807) is 0 Å². The molecule has 0 radical (unpaired) electrons. The van der Waals surface area contributed by atoms with Crippen LogP contribution >= 0.6 is 0 Å². The van der Waals surface area contributed by atoms with Crippen LogP contribution in [0, 0.1) is 10.1 Å². The molecule has 2 aromatic rings. The van der Waals surface area contributed by atoms with Crippen LogP contribution in [0.2, 0.25) is 0 Å². The summed E-state index contributed by atoms with van der Waals surface area (Å²) in [5.74, 6) is 0.215. The van der Waals surface area contributed by atoms with E-state index in [1.807, 2.05) is 0 Å². The summed E-state index contributed by atoms with van der Waals surface area (Å²) >= 11 is 0. The van der Waals surface area contributed by atoms with E-state index in [0.29, 0.717) is 5.69 Å². The number of nitrogens with two attached hydrogens (primary N) is 1. The average molecular weight is 308 g/mol. The molecule has 0 spiro atoms. The van der Waals surface area contributed by atoms with E-state index >= 15 is 0 Å². The van der Waals surface area contributed by atoms with Gasteiger partial charge in [0, 0.05) is 25.4 Å². The number of non-ortho nitro benzene ring substituents is 1. The Morgan fingerprint density at radius 3 is 2.29 bits per heavy atom. The number of hydrogen-bond donors (Lipinski definition) is 1. The van der Waals surface area contributed by atoms with E-state index < -0.39 is 14.9 Å². The number of benzene rings is 1. The molecule has 1 aromatic carbocycles. The normalized spacial score (nSPS) is 11.1. The lowest BCUT2D eigenvalue weighted by Crippen LogP contribution is -2.26. The van der Waals surface area contributed by atoms with Gasteiger partial charge in [0.2, 0.25) is 0 Å². The largest absolute Gasteiger partial charge is 0.384 e. The molecule has 1 heterocycles. The Labute approximate surface area is 121 Å². The lowest BCUT2D eigenvalue weighted by molar-refractivity contribution is -0.384. The standard InChI is InChI=1S/C12H12N4O4S/c1-15(9-2-4-10(5-3-9)16(17)18)21(19,20)11-6-7-12(13)14-8-11/h2-8H,1H3,(H2,13,14). The minimum Gasteiger partial charge on any atom is -0.384 e. The van der Waals surface area contributed by atoms with Gasteiger partial charge in [-0.2, -0.15) is 0 Å². The van der Waals surface area contributed by atoms with Crippen molar-refractivity contribution in [2.75, 3.05) is 17.1 Å². The number of nitrogen functional groups attached to an aromatic ring is 1. The van der Waals surface area contributed by atoms with Crippen molar-refractivity contribution in [3.05, 3.63) is 52.7 Å². The second-order valence-corrected chi connectivity index (χ2v) is 6.13. The fourth-order valence-electron chi connectivity index (χ4n) is 1.63. The molecule has 0 aliphatic rings. The SMILES string of the molecule is CN(c1ccc([N+](=O)[O-])cc1)S(=O)(=O)c1ccc(N)nc1. The molecule has 0 unspecified atom stereocenters. The molecule has 0 atom stereocenters. The Kier molecular flexibility index (Phi) is 3.76. The van der Waals surface area contributed by atoms with Crippen molar-refractivity contribution in [2.45, 2.75) is 4.90 Å². The molecule has 21 heavy (non-hydrogen) atoms. The van der Waals surface area contributed by atoms with E-state index in [0.717, 1.165) is 10.5 Å². The Morgan fingerprint density at radius 2 is 1.81 bits per heavy atom. The molecule has 2 rings (SSSR count). The zero-order valence-corrected chi connectivity index (χ0v) is 11.8. The number of hydrogen-bond acceptors (Lipinski definition) is 6. The molecule has 9 heteroatoms. The third kappa shape index (κ3) is 2.92. The summed E-state index contributed by atoms with van der Waals surface area (Å²) in [7, 11) is -2.44. The van der Waals surface area contributed by atoms with Crippen LogP contribution in [0.3, 0.4) is 0 Å². The fourth-order valence-corrected chi connectivity index (χ4v) is 2.77. The highest BCUT2D eigenvalue weighted by Gasteiger charge is 2.22. The molecule has 0 bridgehead atoms. The highest BCUT2D eigenvalue weighted by molar-refractivity contribution is 7.92. The van der Waals surface area contributed by atoms with E-state index in [4.69, 9.17) is 5.73 Å². The van der Waals surface area contributed by atoms with Crippen LogP contribution in [0.4, 0.5) is 17.2 Å². The highest BCUT2D eigenvalue weighted by Crippen LogP contribution is 2.24. The third-order valence-corrected chi connectivity index (χ3v) is 4.61. The summed E-state index contributed by atoms with van der Waals surface area (Å²) < 4.78 is 25.8. The predicted octanol–water partition coefficient (Wildman–Crippen LogP) is 1.40. The van der Waals surface area contributed by atoms with E-state index in [2.05, 4.69) is 4.98 Å². The van der Waals surface area contributed by atoms with Gasteiger partial charge in [0.1, 0.15) is 10.7 Å². The fraction of sp³-hybridized carbons (Fsp3) is 0.0833. The predicted molar refractivity (Wildman–Crippen MR) is 77.3 cm³/mol. The molecule has 8 nitrogen and oxygen atoms in total. The van der Waals surface area contributed by atoms with Crippen molar-refractivity contribution in [1.29, 1.82) is 0 Å². The van der Waals surface area contributed by atoms with Crippen molar-refractivity contribution in [3.63, 3.8) is 0 Å². The molecule has 0 aliphatic carbocycles. The second kappa shape index (κ2) is 5.37. The van der Waals surface area contributed by atoms with Gasteiger partial charge in [-0.1, -0.05) is 0 Å². The van der Waals surface area contributed by atoms with E-state index in [-0.39, 0.29) is 16.4 Å². The summed E-state index contributed by atoms with van der Waals surface area (Å²) in [5.41, 5.74) is 5.61. The maximum atomic E-state index is 12.4. The molecule has 110 valence electrons. The van der Waals surface area contributed by atoms with Crippen LogP contribution in [-0.2, 0) is 10.0 Å². The maximum Gasteiger partial charge on any atom is 0.269 e. The molecular weight excluding hydrogens is 296 g/mol. The lowest BCUT2D eigenvalue weighted by atomic mass is 10.3. The second-order valence-electron chi connectivity index (χ2n) is 4.16. The van der Waals surface area contributed by atoms with Crippen molar-refractivity contribution in [1.82, 2.24) is 4.98 Å². The van der Waals surface area contributed by atoms with Crippen LogP contribution in [-0.4, -0.2) is 25.4 Å². The zero-order valence-electron chi connectivity index (χ0n) is 11.0. The molecule has 2 N–H and O–H groups in total. The number of sulfonamides is 1. The number of nitro groups is 1. The van der Waals surface area contributed by atoms with Crippen molar-refractivity contribution in [2.24, 2.45) is 0 Å². The van der Waals surface area contributed by atoms with Crippen LogP contribution in [0.15, 0.2) is 47.5 Å². The van der Waals surface area contributed by atoms with Crippen molar-refractivity contribution >= 4 is 27.2 Å². The van der Waals surface area contributed by atoms with Gasteiger partial charge in [-0.3, -0.25) is 14.4 Å². The van der Waals surface area contributed by atoms with Crippen LogP contribution in [0.1, 0.15) is 0 Å². The van der Waals surface area contributed by atoms with Crippen molar-refractivity contribution in [3.8, 4) is 0 Å². The van der Waals surface area contributed by atoms with Crippen LogP contribution in [0.25, 0.3) is 0 Å². The van der Waals surface area contributed by atoms with Gasteiger partial charge in [-0.15, -0.1) is 0 Å². The molecule has 0 saturated carbocycles. The van der Waals surface area contributed by atoms with Gasteiger partial charge >= 0.3 is 0 Å². The summed E-state index contributed by atoms with van der Waals surface area (Å²) in [6, 6.07) is 7.93. The van der Waals surface area contributed by atoms with Crippen molar-refractivity contribution < 1.29 is 13.3 Å². The lowest BCUT2D eigenvalue weighted by Gasteiger charge is -2.19. The summed E-state index contributed by atoms with van der Waals surface area (Å²) in [4.78, 5) is 13.8. The zero-order chi connectivity index (χ0) is 15.6. The van der Waals surface area contributed by atoms with Gasteiger partial charge < -0.3 is 5.73 Å². The Morgan fingerprint density at radius 1 is 1.19 bits per heavy atom. The highest BCUT2D eigenvalue weighted by atomic mass is 32.2. The molecule has 0 amide bonds. The minimum atomic E-state index is -3.80. The minimum absolute atomic E-state index is 0.0162. The Hall–Kier alpha value is -2.68. The van der Waals surface area contributed by atoms with Crippen LogP contribution < -0.4 is 10.0 Å². The van der Waals surface area contributed by atoms with Gasteiger partial charge in [-0.05, 0) is 24.3 Å². The first-order chi connectivity index (χ1) is 9.82. The Bertz CT molecular complexity index is 757. The Balaban J connectivity index is 2.35. The smallest absolute Gasteiger partial charge is 0.269 e. The number of nitrogens with zero attached hydrogens (tertiary/aromatic N) is 3. The molecule has 1 aromatic heterocycles. The van der Waals surface area contributed by atoms with E-state index in [1.165, 1.54) is 43.4 Å². The number of anilines is 2. The number of aromatic nitrogens is 1. The van der Waals surface area contributed by atoms with Gasteiger partial charge in [0.05, 0.1) is 10.6 Å².